The van der Waals surface area contributed by atoms with E-state index in [4.69, 9.17) is 4.42 Å². The van der Waals surface area contributed by atoms with E-state index in [9.17, 15) is 0 Å². The lowest BCUT2D eigenvalue weighted by atomic mass is 9.89. The van der Waals surface area contributed by atoms with Crippen molar-refractivity contribution in [2.24, 2.45) is 0 Å². The summed E-state index contributed by atoms with van der Waals surface area (Å²) in [6.07, 6.45) is 0. The molecule has 2 nitrogen and oxygen atoms in total. The molecule has 0 bridgehead atoms. The third-order valence-electron chi connectivity index (χ3n) is 10.7. The minimum absolute atomic E-state index is 0.244. The predicted molar refractivity (Wildman–Crippen MR) is 204 cm³/mol. The molecule has 1 aliphatic carbocycles. The van der Waals surface area contributed by atoms with E-state index in [1.807, 2.05) is 6.07 Å². The fourth-order valence-electron chi connectivity index (χ4n) is 8.50. The highest BCUT2D eigenvalue weighted by Gasteiger charge is 2.30. The number of benzene rings is 8. The van der Waals surface area contributed by atoms with Crippen molar-refractivity contribution >= 4 is 54.5 Å². The van der Waals surface area contributed by atoms with E-state index < -0.39 is 0 Å². The molecule has 2 aromatic heterocycles. The predicted octanol–water partition coefficient (Wildman–Crippen LogP) is 12.7. The monoisotopic (exact) mass is 623 g/mol. The molecular weight excluding hydrogens is 595 g/mol. The van der Waals surface area contributed by atoms with Crippen molar-refractivity contribution in [3.63, 3.8) is 0 Å². The molecule has 0 saturated carbocycles. The van der Waals surface area contributed by atoms with Crippen molar-refractivity contribution in [1.82, 2.24) is 4.57 Å². The molecule has 8 aromatic carbocycles. The molecule has 0 aliphatic heterocycles. The van der Waals surface area contributed by atoms with Crippen LogP contribution in [0.1, 0.15) is 22.6 Å². The van der Waals surface area contributed by atoms with E-state index in [0.717, 1.165) is 33.1 Å². The second-order valence-corrected chi connectivity index (χ2v) is 13.2. The first-order valence-corrected chi connectivity index (χ1v) is 17.0. The highest BCUT2D eigenvalue weighted by molar-refractivity contribution is 6.22. The average Bonchev–Trinajstić information content (AvgIpc) is 3.82. The average molecular weight is 624 g/mol. The van der Waals surface area contributed by atoms with Crippen molar-refractivity contribution in [2.75, 3.05) is 0 Å². The molecular formula is C47H29NO. The highest BCUT2D eigenvalue weighted by Crippen LogP contribution is 2.49. The molecule has 0 N–H and O–H groups in total. The van der Waals surface area contributed by atoms with E-state index in [-0.39, 0.29) is 5.92 Å². The normalized spacial score (nSPS) is 13.9. The molecule has 2 heterocycles. The zero-order chi connectivity index (χ0) is 32.1. The van der Waals surface area contributed by atoms with E-state index in [2.05, 4.69) is 168 Å². The number of hydrogen-bond acceptors (Lipinski definition) is 1. The van der Waals surface area contributed by atoms with Gasteiger partial charge < -0.3 is 8.98 Å². The number of furan rings is 1. The van der Waals surface area contributed by atoms with Gasteiger partial charge in [-0.15, -0.1) is 0 Å². The van der Waals surface area contributed by atoms with Crippen molar-refractivity contribution in [3.05, 3.63) is 187 Å². The van der Waals surface area contributed by atoms with Crippen LogP contribution in [0.3, 0.4) is 0 Å². The molecule has 0 radical (unpaired) electrons. The maximum absolute atomic E-state index is 6.69. The summed E-state index contributed by atoms with van der Waals surface area (Å²) in [5.41, 5.74) is 14.4. The number of rotatable bonds is 3. The minimum atomic E-state index is 0.244. The summed E-state index contributed by atoms with van der Waals surface area (Å²) in [6.45, 7) is 0. The lowest BCUT2D eigenvalue weighted by Gasteiger charge is -2.14. The zero-order valence-electron chi connectivity index (χ0n) is 26.6. The van der Waals surface area contributed by atoms with Gasteiger partial charge in [-0.2, -0.15) is 0 Å². The molecule has 49 heavy (non-hydrogen) atoms. The zero-order valence-corrected chi connectivity index (χ0v) is 26.6. The quantitative estimate of drug-likeness (QED) is 0.191. The Morgan fingerprint density at radius 1 is 0.449 bits per heavy atom. The van der Waals surface area contributed by atoms with Crippen molar-refractivity contribution < 1.29 is 4.42 Å². The Labute approximate surface area is 283 Å². The van der Waals surface area contributed by atoms with E-state index in [1.54, 1.807) is 0 Å². The first kappa shape index (κ1) is 26.7. The molecule has 1 aliphatic rings. The van der Waals surface area contributed by atoms with Crippen molar-refractivity contribution in [1.29, 1.82) is 0 Å². The number of aromatic nitrogens is 1. The largest absolute Gasteiger partial charge is 0.454 e. The van der Waals surface area contributed by atoms with Gasteiger partial charge in [-0.05, 0) is 80.7 Å². The lowest BCUT2D eigenvalue weighted by molar-refractivity contribution is 0.671. The van der Waals surface area contributed by atoms with Crippen LogP contribution < -0.4 is 0 Å². The fourth-order valence-corrected chi connectivity index (χ4v) is 8.50. The molecule has 0 fully saturated rings. The Kier molecular flexibility index (Phi) is 5.47. The first-order chi connectivity index (χ1) is 24.3. The summed E-state index contributed by atoms with van der Waals surface area (Å²) in [7, 11) is 0. The molecule has 0 amide bonds. The van der Waals surface area contributed by atoms with Gasteiger partial charge in [0.1, 0.15) is 5.58 Å². The molecule has 0 spiro atoms. The van der Waals surface area contributed by atoms with Crippen LogP contribution in [0.5, 0.6) is 0 Å². The van der Waals surface area contributed by atoms with Gasteiger partial charge in [0.05, 0.1) is 16.7 Å². The molecule has 1 atom stereocenters. The van der Waals surface area contributed by atoms with Crippen LogP contribution in [-0.2, 0) is 0 Å². The van der Waals surface area contributed by atoms with Crippen LogP contribution in [0.2, 0.25) is 0 Å². The molecule has 10 aromatic rings. The van der Waals surface area contributed by atoms with Gasteiger partial charge in [-0.1, -0.05) is 133 Å². The van der Waals surface area contributed by atoms with Gasteiger partial charge in [0.15, 0.2) is 5.58 Å². The van der Waals surface area contributed by atoms with Gasteiger partial charge in [-0.25, -0.2) is 0 Å². The number of para-hydroxylation sites is 1. The summed E-state index contributed by atoms with van der Waals surface area (Å²) >= 11 is 0. The van der Waals surface area contributed by atoms with E-state index in [0.29, 0.717) is 0 Å². The molecule has 11 rings (SSSR count). The smallest absolute Gasteiger partial charge is 0.160 e. The van der Waals surface area contributed by atoms with Crippen LogP contribution in [0.25, 0.3) is 82.5 Å². The maximum atomic E-state index is 6.69. The summed E-state index contributed by atoms with van der Waals surface area (Å²) in [4.78, 5) is 0. The summed E-state index contributed by atoms with van der Waals surface area (Å²) < 4.78 is 9.12. The molecule has 1 unspecified atom stereocenters. The van der Waals surface area contributed by atoms with E-state index >= 15 is 0 Å². The summed E-state index contributed by atoms with van der Waals surface area (Å²) in [5.74, 6) is 0.244. The fraction of sp³-hybridized carbons (Fsp3) is 0.0213. The molecule has 228 valence electrons. The second kappa shape index (κ2) is 10.1. The Morgan fingerprint density at radius 3 is 2.10 bits per heavy atom. The third kappa shape index (κ3) is 3.77. The summed E-state index contributed by atoms with van der Waals surface area (Å²) in [5, 5.41) is 7.11. The van der Waals surface area contributed by atoms with Gasteiger partial charge in [0.2, 0.25) is 0 Å². The SMILES string of the molecule is c1ccc(C2c3ccccc3-c3cc(-c4ccc5c(c4)c4ccc6c7ccccc7oc6c4n5-c4cccc5ccccc45)ccc32)cc1. The van der Waals surface area contributed by atoms with Crippen LogP contribution >= 0.6 is 0 Å². The lowest BCUT2D eigenvalue weighted by Crippen LogP contribution is -1.98. The number of fused-ring (bicyclic) bond motifs is 11. The van der Waals surface area contributed by atoms with Crippen LogP contribution in [-0.4, -0.2) is 4.57 Å². The highest BCUT2D eigenvalue weighted by atomic mass is 16.3. The molecule has 2 heteroatoms. The Balaban J connectivity index is 1.17. The van der Waals surface area contributed by atoms with Gasteiger partial charge >= 0.3 is 0 Å². The van der Waals surface area contributed by atoms with Gasteiger partial charge in [0.25, 0.3) is 0 Å². The van der Waals surface area contributed by atoms with Crippen LogP contribution in [0.4, 0.5) is 0 Å². The maximum Gasteiger partial charge on any atom is 0.160 e. The second-order valence-electron chi connectivity index (χ2n) is 13.2. The topological polar surface area (TPSA) is 18.1 Å². The van der Waals surface area contributed by atoms with Crippen LogP contribution in [0, 0.1) is 0 Å². The third-order valence-corrected chi connectivity index (χ3v) is 10.7. The van der Waals surface area contributed by atoms with Gasteiger partial charge in [-0.3, -0.25) is 0 Å². The first-order valence-electron chi connectivity index (χ1n) is 17.0. The Hall–Kier alpha value is -6.38. The van der Waals surface area contributed by atoms with Crippen molar-refractivity contribution in [3.8, 4) is 27.9 Å². The van der Waals surface area contributed by atoms with Gasteiger partial charge in [0, 0.05) is 32.8 Å². The van der Waals surface area contributed by atoms with Crippen molar-refractivity contribution in [2.45, 2.75) is 5.92 Å². The van der Waals surface area contributed by atoms with E-state index in [1.165, 1.54) is 66.0 Å². The number of nitrogens with zero attached hydrogens (tertiary/aromatic N) is 1. The number of hydrogen-bond donors (Lipinski definition) is 0. The molecule has 0 saturated heterocycles. The Morgan fingerprint density at radius 2 is 1.16 bits per heavy atom. The standard InChI is InChI=1S/C47H29NO/c1-2-12-30(13-3-1)45-36-18-7-6-16-34(36)40-27-31(21-23-37(40)45)32-22-26-43-41(28-32)38-24-25-39-35-17-8-9-20-44(35)49-47(39)46(38)48(43)42-19-10-14-29-11-4-5-15-33(29)42/h1-28,45H. The summed E-state index contributed by atoms with van der Waals surface area (Å²) in [6, 6.07) is 61.9. The Bertz CT molecular complexity index is 2940. The van der Waals surface area contributed by atoms with Crippen LogP contribution in [0.15, 0.2) is 174 Å². The minimum Gasteiger partial charge on any atom is -0.454 e.